The number of nitrogens with one attached hydrogen (secondary N) is 2. The van der Waals surface area contributed by atoms with Crippen molar-refractivity contribution >= 4 is 35.1 Å². The highest BCUT2D eigenvalue weighted by molar-refractivity contribution is 7.98. The Labute approximate surface area is 176 Å². The molecule has 0 aliphatic rings. The molecule has 0 unspecified atom stereocenters. The Balaban J connectivity index is 1.92. The third-order valence-corrected chi connectivity index (χ3v) is 4.67. The molecule has 1 aromatic carbocycles. The maximum atomic E-state index is 12.4. The van der Waals surface area contributed by atoms with Crippen molar-refractivity contribution in [1.29, 1.82) is 0 Å². The number of carbonyl (C=O) groups excluding carboxylic acids is 2. The predicted molar refractivity (Wildman–Crippen MR) is 116 cm³/mol. The summed E-state index contributed by atoms with van der Waals surface area (Å²) in [5, 5.41) is 6.27. The Hall–Kier alpha value is -2.61. The van der Waals surface area contributed by atoms with Crippen molar-refractivity contribution < 1.29 is 14.3 Å². The third-order valence-electron chi connectivity index (χ3n) is 4.13. The van der Waals surface area contributed by atoms with Crippen LogP contribution >= 0.6 is 11.8 Å². The molecule has 1 aromatic heterocycles. The highest BCUT2D eigenvalue weighted by Crippen LogP contribution is 2.19. The smallest absolute Gasteiger partial charge is 0.411 e. The largest absolute Gasteiger partial charge is 0.449 e. The van der Waals surface area contributed by atoms with E-state index in [9.17, 15) is 9.59 Å². The summed E-state index contributed by atoms with van der Waals surface area (Å²) in [5.74, 6) is 0.151. The molecule has 1 heterocycles. The van der Waals surface area contributed by atoms with Crippen molar-refractivity contribution in [2.75, 3.05) is 23.5 Å². The summed E-state index contributed by atoms with van der Waals surface area (Å²) in [6, 6.07) is 6.97. The lowest BCUT2D eigenvalue weighted by Gasteiger charge is -2.11. The third kappa shape index (κ3) is 7.38. The van der Waals surface area contributed by atoms with E-state index in [1.807, 2.05) is 34.0 Å². The van der Waals surface area contributed by atoms with Crippen molar-refractivity contribution in [2.24, 2.45) is 5.92 Å². The van der Waals surface area contributed by atoms with Gasteiger partial charge in [-0.25, -0.2) is 14.8 Å². The van der Waals surface area contributed by atoms with Crippen molar-refractivity contribution in [3.05, 3.63) is 41.2 Å². The number of hydrogen-bond acceptors (Lipinski definition) is 6. The number of anilines is 2. The second kappa shape index (κ2) is 10.8. The fourth-order valence-corrected chi connectivity index (χ4v) is 3.15. The van der Waals surface area contributed by atoms with Crippen LogP contribution in [-0.4, -0.2) is 34.8 Å². The maximum Gasteiger partial charge on any atom is 0.411 e. The monoisotopic (exact) mass is 416 g/mol. The minimum Gasteiger partial charge on any atom is -0.449 e. The first-order valence-electron chi connectivity index (χ1n) is 9.50. The fraction of sp³-hybridized carbons (Fsp3) is 0.429. The topological polar surface area (TPSA) is 93.2 Å². The molecule has 2 rings (SSSR count). The molecule has 0 atom stereocenters. The molecule has 0 saturated carbocycles. The van der Waals surface area contributed by atoms with Crippen LogP contribution in [0.15, 0.2) is 29.4 Å². The van der Waals surface area contributed by atoms with Crippen molar-refractivity contribution in [2.45, 2.75) is 45.7 Å². The SMILES string of the molecule is CSc1nc(C)c(CCC(=O)Nc2cccc(NC(=O)OCC(C)C)c2)c(C)n1. The number of aryl methyl sites for hydroxylation is 2. The average molecular weight is 417 g/mol. The van der Waals surface area contributed by atoms with Gasteiger partial charge < -0.3 is 10.1 Å². The Morgan fingerprint density at radius 3 is 2.31 bits per heavy atom. The quantitative estimate of drug-likeness (QED) is 0.483. The second-order valence-corrected chi connectivity index (χ2v) is 7.88. The van der Waals surface area contributed by atoms with Gasteiger partial charge in [-0.2, -0.15) is 0 Å². The summed E-state index contributed by atoms with van der Waals surface area (Å²) < 4.78 is 5.10. The van der Waals surface area contributed by atoms with Crippen molar-refractivity contribution in [3.8, 4) is 0 Å². The molecule has 0 spiro atoms. The van der Waals surface area contributed by atoms with Gasteiger partial charge in [-0.1, -0.05) is 31.7 Å². The van der Waals surface area contributed by atoms with Crippen LogP contribution in [0.5, 0.6) is 0 Å². The van der Waals surface area contributed by atoms with E-state index >= 15 is 0 Å². The van der Waals surface area contributed by atoms with Gasteiger partial charge in [-0.3, -0.25) is 10.1 Å². The zero-order valence-corrected chi connectivity index (χ0v) is 18.4. The Kier molecular flexibility index (Phi) is 8.45. The number of benzene rings is 1. The van der Waals surface area contributed by atoms with Gasteiger partial charge in [0.15, 0.2) is 5.16 Å². The number of carbonyl (C=O) groups is 2. The van der Waals surface area contributed by atoms with Gasteiger partial charge >= 0.3 is 6.09 Å². The average Bonchev–Trinajstić information content (AvgIpc) is 2.65. The lowest BCUT2D eigenvalue weighted by atomic mass is 10.1. The van der Waals surface area contributed by atoms with Crippen molar-refractivity contribution in [3.63, 3.8) is 0 Å². The molecule has 156 valence electrons. The number of ether oxygens (including phenoxy) is 1. The highest BCUT2D eigenvalue weighted by Gasteiger charge is 2.11. The summed E-state index contributed by atoms with van der Waals surface area (Å²) in [6.07, 6.45) is 2.31. The molecule has 2 N–H and O–H groups in total. The lowest BCUT2D eigenvalue weighted by Crippen LogP contribution is -2.17. The Bertz CT molecular complexity index is 848. The van der Waals surface area contributed by atoms with Crippen LogP contribution in [0.25, 0.3) is 0 Å². The summed E-state index contributed by atoms with van der Waals surface area (Å²) >= 11 is 1.50. The molecule has 8 heteroatoms. The minimum atomic E-state index is -0.512. The summed E-state index contributed by atoms with van der Waals surface area (Å²) in [7, 11) is 0. The molecule has 0 fully saturated rings. The van der Waals surface area contributed by atoms with E-state index in [1.165, 1.54) is 11.8 Å². The van der Waals surface area contributed by atoms with Crippen LogP contribution in [0.2, 0.25) is 0 Å². The number of nitrogens with zero attached hydrogens (tertiary/aromatic N) is 2. The number of rotatable bonds is 8. The molecule has 2 aromatic rings. The molecule has 0 aliphatic heterocycles. The van der Waals surface area contributed by atoms with Gasteiger partial charge in [0.25, 0.3) is 0 Å². The van der Waals surface area contributed by atoms with Crippen LogP contribution in [0.4, 0.5) is 16.2 Å². The zero-order chi connectivity index (χ0) is 21.4. The Morgan fingerprint density at radius 1 is 1.10 bits per heavy atom. The zero-order valence-electron chi connectivity index (χ0n) is 17.5. The van der Waals surface area contributed by atoms with Gasteiger partial charge in [-0.05, 0) is 56.2 Å². The first-order chi connectivity index (χ1) is 13.8. The normalized spacial score (nSPS) is 10.7. The first-order valence-corrected chi connectivity index (χ1v) is 10.7. The standard InChI is InChI=1S/C21H28N4O3S/c1-13(2)12-28-21(27)25-17-8-6-7-16(11-17)24-19(26)10-9-18-14(3)22-20(29-5)23-15(18)4/h6-8,11,13H,9-10,12H2,1-5H3,(H,24,26)(H,25,27). The molecule has 0 radical (unpaired) electrons. The van der Waals surface area contributed by atoms with E-state index in [-0.39, 0.29) is 11.8 Å². The first kappa shape index (κ1) is 22.7. The Morgan fingerprint density at radius 2 is 1.72 bits per heavy atom. The minimum absolute atomic E-state index is 0.114. The van der Waals surface area contributed by atoms with E-state index in [4.69, 9.17) is 4.74 Å². The number of hydrogen-bond donors (Lipinski definition) is 2. The molecule has 2 amide bonds. The van der Waals surface area contributed by atoms with E-state index < -0.39 is 6.09 Å². The maximum absolute atomic E-state index is 12.4. The van der Waals surface area contributed by atoms with Crippen LogP contribution in [0.3, 0.4) is 0 Å². The highest BCUT2D eigenvalue weighted by atomic mass is 32.2. The van der Waals surface area contributed by atoms with Crippen LogP contribution < -0.4 is 10.6 Å². The van der Waals surface area contributed by atoms with Gasteiger partial charge in [0.1, 0.15) is 0 Å². The molecule has 29 heavy (non-hydrogen) atoms. The van der Waals surface area contributed by atoms with E-state index in [1.54, 1.807) is 24.3 Å². The molecular weight excluding hydrogens is 388 g/mol. The number of thioether (sulfide) groups is 1. The van der Waals surface area contributed by atoms with Gasteiger partial charge in [0.05, 0.1) is 6.61 Å². The summed E-state index contributed by atoms with van der Waals surface area (Å²) in [4.78, 5) is 33.1. The van der Waals surface area contributed by atoms with E-state index in [2.05, 4.69) is 20.6 Å². The van der Waals surface area contributed by atoms with Crippen LogP contribution in [0.1, 0.15) is 37.2 Å². The molecule has 0 aliphatic carbocycles. The van der Waals surface area contributed by atoms with Crippen LogP contribution in [-0.2, 0) is 16.0 Å². The van der Waals surface area contributed by atoms with Crippen LogP contribution in [0, 0.1) is 19.8 Å². The molecule has 7 nitrogen and oxygen atoms in total. The fourth-order valence-electron chi connectivity index (χ4n) is 2.69. The molecule has 0 bridgehead atoms. The van der Waals surface area contributed by atoms with E-state index in [0.717, 1.165) is 22.1 Å². The lowest BCUT2D eigenvalue weighted by molar-refractivity contribution is -0.116. The van der Waals surface area contributed by atoms with Gasteiger partial charge in [-0.15, -0.1) is 0 Å². The number of amides is 2. The second-order valence-electron chi connectivity index (χ2n) is 7.11. The predicted octanol–water partition coefficient (Wildman–Crippen LogP) is 4.59. The number of aromatic nitrogens is 2. The van der Waals surface area contributed by atoms with Crippen molar-refractivity contribution in [1.82, 2.24) is 9.97 Å². The summed E-state index contributed by atoms with van der Waals surface area (Å²) in [5.41, 5.74) is 3.98. The van der Waals surface area contributed by atoms with E-state index in [0.29, 0.717) is 30.8 Å². The van der Waals surface area contributed by atoms with Gasteiger partial charge in [0.2, 0.25) is 5.91 Å². The summed E-state index contributed by atoms with van der Waals surface area (Å²) in [6.45, 7) is 8.17. The molecular formula is C21H28N4O3S. The molecule has 0 saturated heterocycles. The van der Waals surface area contributed by atoms with Gasteiger partial charge in [0, 0.05) is 29.2 Å².